The molecule has 0 aromatic carbocycles. The molecule has 0 bridgehead atoms. The van der Waals surface area contributed by atoms with Crippen molar-refractivity contribution in [2.75, 3.05) is 19.6 Å². The first kappa shape index (κ1) is 16.0. The van der Waals surface area contributed by atoms with Gasteiger partial charge in [-0.25, -0.2) is 9.97 Å². The van der Waals surface area contributed by atoms with Crippen molar-refractivity contribution in [3.63, 3.8) is 0 Å². The summed E-state index contributed by atoms with van der Waals surface area (Å²) in [5, 5.41) is 0. The molecule has 1 aromatic heterocycles. The molecular formula is C19H28N4O. The summed E-state index contributed by atoms with van der Waals surface area (Å²) in [6.45, 7) is 5.48. The molecule has 5 heteroatoms. The Bertz CT molecular complexity index is 611. The Balaban J connectivity index is 1.47. The quantitative estimate of drug-likeness (QED) is 0.837. The van der Waals surface area contributed by atoms with Crippen LogP contribution in [0.3, 0.4) is 0 Å². The highest BCUT2D eigenvalue weighted by atomic mass is 16.2. The highest BCUT2D eigenvalue weighted by Gasteiger charge is 2.29. The Morgan fingerprint density at radius 2 is 2.00 bits per heavy atom. The van der Waals surface area contributed by atoms with Gasteiger partial charge in [-0.3, -0.25) is 9.69 Å². The number of nitrogens with zero attached hydrogens (tertiary/aromatic N) is 4. The maximum absolute atomic E-state index is 11.6. The molecule has 5 nitrogen and oxygen atoms in total. The van der Waals surface area contributed by atoms with Crippen LogP contribution in [0.5, 0.6) is 0 Å². The summed E-state index contributed by atoms with van der Waals surface area (Å²) in [6, 6.07) is 0.778. The number of likely N-dealkylation sites (tertiary alicyclic amines) is 1. The SMILES string of the molecule is CC(=O)N1CCC[C@@H](c2ncc3c(n2)CCN(C2CCCC2)C3)C1. The van der Waals surface area contributed by atoms with Gasteiger partial charge in [0, 0.05) is 68.9 Å². The summed E-state index contributed by atoms with van der Waals surface area (Å²) in [7, 11) is 0. The van der Waals surface area contributed by atoms with Crippen molar-refractivity contribution < 1.29 is 4.79 Å². The number of amides is 1. The zero-order valence-corrected chi connectivity index (χ0v) is 14.7. The summed E-state index contributed by atoms with van der Waals surface area (Å²) < 4.78 is 0. The van der Waals surface area contributed by atoms with E-state index < -0.39 is 0 Å². The fourth-order valence-electron chi connectivity index (χ4n) is 4.61. The van der Waals surface area contributed by atoms with Gasteiger partial charge in [-0.05, 0) is 25.7 Å². The largest absolute Gasteiger partial charge is 0.342 e. The van der Waals surface area contributed by atoms with E-state index in [-0.39, 0.29) is 5.91 Å². The van der Waals surface area contributed by atoms with E-state index in [0.29, 0.717) is 5.92 Å². The van der Waals surface area contributed by atoms with Gasteiger partial charge < -0.3 is 4.90 Å². The van der Waals surface area contributed by atoms with Gasteiger partial charge in [0.2, 0.25) is 5.91 Å². The van der Waals surface area contributed by atoms with Gasteiger partial charge in [-0.1, -0.05) is 12.8 Å². The summed E-state index contributed by atoms with van der Waals surface area (Å²) in [6.07, 6.45) is 10.7. The topological polar surface area (TPSA) is 49.3 Å². The highest BCUT2D eigenvalue weighted by Crippen LogP contribution is 2.29. The van der Waals surface area contributed by atoms with Crippen LogP contribution in [-0.4, -0.2) is 51.4 Å². The molecule has 0 spiro atoms. The molecule has 1 saturated carbocycles. The maximum Gasteiger partial charge on any atom is 0.219 e. The maximum atomic E-state index is 11.6. The molecule has 4 rings (SSSR count). The van der Waals surface area contributed by atoms with Crippen LogP contribution in [0.2, 0.25) is 0 Å². The van der Waals surface area contributed by atoms with E-state index in [1.807, 2.05) is 4.90 Å². The average molecular weight is 328 g/mol. The Hall–Kier alpha value is -1.49. The number of piperidine rings is 1. The monoisotopic (exact) mass is 328 g/mol. The number of carbonyl (C=O) groups is 1. The van der Waals surface area contributed by atoms with Crippen LogP contribution in [-0.2, 0) is 17.8 Å². The lowest BCUT2D eigenvalue weighted by molar-refractivity contribution is -0.130. The predicted molar refractivity (Wildman–Crippen MR) is 92.6 cm³/mol. The molecule has 2 fully saturated rings. The van der Waals surface area contributed by atoms with Gasteiger partial charge in [0.25, 0.3) is 0 Å². The van der Waals surface area contributed by atoms with Gasteiger partial charge in [-0.15, -0.1) is 0 Å². The van der Waals surface area contributed by atoms with E-state index in [4.69, 9.17) is 9.97 Å². The lowest BCUT2D eigenvalue weighted by atomic mass is 9.96. The van der Waals surface area contributed by atoms with Gasteiger partial charge in [0.15, 0.2) is 0 Å². The van der Waals surface area contributed by atoms with E-state index in [0.717, 1.165) is 57.3 Å². The van der Waals surface area contributed by atoms with Crippen molar-refractivity contribution >= 4 is 5.91 Å². The molecule has 0 radical (unpaired) electrons. The fraction of sp³-hybridized carbons (Fsp3) is 0.737. The molecule has 0 unspecified atom stereocenters. The molecule has 0 N–H and O–H groups in total. The molecule has 3 heterocycles. The normalized spacial score (nSPS) is 25.7. The third-order valence-electron chi connectivity index (χ3n) is 6.06. The number of hydrogen-bond acceptors (Lipinski definition) is 4. The zero-order valence-electron chi connectivity index (χ0n) is 14.7. The molecule has 130 valence electrons. The van der Waals surface area contributed by atoms with Gasteiger partial charge in [0.05, 0.1) is 0 Å². The standard InChI is InChI=1S/C19H28N4O/c1-14(24)22-9-4-5-15(12-22)19-20-11-16-13-23(10-8-18(16)21-19)17-6-2-3-7-17/h11,15,17H,2-10,12-13H2,1H3/t15-/m1/s1. The predicted octanol–water partition coefficient (Wildman–Crippen LogP) is 2.50. The molecule has 1 amide bonds. The van der Waals surface area contributed by atoms with Crippen LogP contribution in [0.1, 0.15) is 68.4 Å². The van der Waals surface area contributed by atoms with Gasteiger partial charge >= 0.3 is 0 Å². The van der Waals surface area contributed by atoms with E-state index in [9.17, 15) is 4.79 Å². The molecule has 3 aliphatic rings. The second-order valence-corrected chi connectivity index (χ2v) is 7.66. The van der Waals surface area contributed by atoms with Crippen LogP contribution in [0, 0.1) is 0 Å². The van der Waals surface area contributed by atoms with Crippen molar-refractivity contribution in [1.82, 2.24) is 19.8 Å². The molecule has 1 atom stereocenters. The molecule has 1 aromatic rings. The van der Waals surface area contributed by atoms with Crippen LogP contribution in [0.25, 0.3) is 0 Å². The van der Waals surface area contributed by atoms with Crippen molar-refractivity contribution in [1.29, 1.82) is 0 Å². The Kier molecular flexibility index (Phi) is 4.53. The first-order valence-corrected chi connectivity index (χ1v) is 9.55. The first-order chi connectivity index (χ1) is 11.7. The van der Waals surface area contributed by atoms with Crippen molar-refractivity contribution in [2.24, 2.45) is 0 Å². The first-order valence-electron chi connectivity index (χ1n) is 9.55. The smallest absolute Gasteiger partial charge is 0.219 e. The van der Waals surface area contributed by atoms with Crippen LogP contribution < -0.4 is 0 Å². The van der Waals surface area contributed by atoms with Gasteiger partial charge in [-0.2, -0.15) is 0 Å². The van der Waals surface area contributed by atoms with Crippen LogP contribution in [0.4, 0.5) is 0 Å². The second-order valence-electron chi connectivity index (χ2n) is 7.66. The minimum atomic E-state index is 0.171. The average Bonchev–Trinajstić information content (AvgIpc) is 3.15. The van der Waals surface area contributed by atoms with E-state index in [1.165, 1.54) is 36.9 Å². The highest BCUT2D eigenvalue weighted by molar-refractivity contribution is 5.73. The number of carbonyl (C=O) groups excluding carboxylic acids is 1. The summed E-state index contributed by atoms with van der Waals surface area (Å²) in [4.78, 5) is 25.8. The summed E-state index contributed by atoms with van der Waals surface area (Å²) >= 11 is 0. The van der Waals surface area contributed by atoms with Crippen molar-refractivity contribution in [3.8, 4) is 0 Å². The summed E-state index contributed by atoms with van der Waals surface area (Å²) in [5.41, 5.74) is 2.56. The third kappa shape index (κ3) is 3.18. The second kappa shape index (κ2) is 6.79. The van der Waals surface area contributed by atoms with E-state index >= 15 is 0 Å². The third-order valence-corrected chi connectivity index (χ3v) is 6.06. The van der Waals surface area contributed by atoms with Crippen molar-refractivity contribution in [3.05, 3.63) is 23.3 Å². The van der Waals surface area contributed by atoms with E-state index in [2.05, 4.69) is 11.1 Å². The lowest BCUT2D eigenvalue weighted by Crippen LogP contribution is -2.39. The zero-order chi connectivity index (χ0) is 16.5. The molecular weight excluding hydrogens is 300 g/mol. The van der Waals surface area contributed by atoms with Gasteiger partial charge in [0.1, 0.15) is 5.82 Å². The Morgan fingerprint density at radius 1 is 1.17 bits per heavy atom. The summed E-state index contributed by atoms with van der Waals surface area (Å²) in [5.74, 6) is 1.43. The molecule has 1 aliphatic carbocycles. The Morgan fingerprint density at radius 3 is 2.79 bits per heavy atom. The van der Waals surface area contributed by atoms with E-state index in [1.54, 1.807) is 6.92 Å². The van der Waals surface area contributed by atoms with Crippen LogP contribution in [0.15, 0.2) is 6.20 Å². The number of aromatic nitrogens is 2. The molecule has 2 aliphatic heterocycles. The number of hydrogen-bond donors (Lipinski definition) is 0. The minimum Gasteiger partial charge on any atom is -0.342 e. The number of rotatable bonds is 2. The number of fused-ring (bicyclic) bond motifs is 1. The van der Waals surface area contributed by atoms with Crippen molar-refractivity contribution in [2.45, 2.75) is 70.4 Å². The lowest BCUT2D eigenvalue weighted by Gasteiger charge is -2.34. The molecule has 24 heavy (non-hydrogen) atoms. The van der Waals surface area contributed by atoms with Crippen LogP contribution >= 0.6 is 0 Å². The molecule has 1 saturated heterocycles. The fourth-order valence-corrected chi connectivity index (χ4v) is 4.61. The minimum absolute atomic E-state index is 0.171. The Labute approximate surface area is 144 Å².